The van der Waals surface area contributed by atoms with Crippen LogP contribution < -0.4 is 0 Å². The second-order valence-electron chi connectivity index (χ2n) is 12.5. The average Bonchev–Trinajstić information content (AvgIpc) is 2.91. The smallest absolute Gasteiger partial charge is 0.0991 e. The Morgan fingerprint density at radius 2 is 0.921 bits per heavy atom. The van der Waals surface area contributed by atoms with E-state index >= 15 is 0 Å². The van der Waals surface area contributed by atoms with Crippen LogP contribution >= 0.6 is 0 Å². The van der Waals surface area contributed by atoms with Crippen LogP contribution in [0.4, 0.5) is 0 Å². The van der Waals surface area contributed by atoms with Crippen molar-refractivity contribution in [2.45, 2.75) is 112 Å². The van der Waals surface area contributed by atoms with Crippen molar-refractivity contribution in [3.8, 4) is 12.1 Å². The van der Waals surface area contributed by atoms with Crippen molar-refractivity contribution in [1.29, 1.82) is 10.5 Å². The van der Waals surface area contributed by atoms with Crippen LogP contribution in [-0.4, -0.2) is 0 Å². The van der Waals surface area contributed by atoms with Crippen molar-refractivity contribution in [2.75, 3.05) is 0 Å². The van der Waals surface area contributed by atoms with E-state index in [1.165, 1.54) is 75.3 Å². The number of nitriles is 2. The number of rotatable bonds is 18. The summed E-state index contributed by atoms with van der Waals surface area (Å²) < 4.78 is 0. The number of nitrogens with zero attached hydrogens (tertiary/aromatic N) is 2. The second kappa shape index (κ2) is 17.8. The minimum atomic E-state index is 0.545. The van der Waals surface area contributed by atoms with Gasteiger partial charge >= 0.3 is 0 Å². The monoisotopic (exact) mass is 512 g/mol. The number of hydrogen-bond donors (Lipinski definition) is 0. The summed E-state index contributed by atoms with van der Waals surface area (Å²) in [5.74, 6) is 3.71. The molecule has 206 valence electrons. The zero-order valence-corrected chi connectivity index (χ0v) is 24.9. The highest BCUT2D eigenvalue weighted by molar-refractivity contribution is 5.33. The Morgan fingerprint density at radius 1 is 0.526 bits per heavy atom. The van der Waals surface area contributed by atoms with Gasteiger partial charge in [-0.05, 0) is 77.8 Å². The maximum absolute atomic E-state index is 9.15. The van der Waals surface area contributed by atoms with Crippen molar-refractivity contribution in [2.24, 2.45) is 29.6 Å². The molecule has 3 unspecified atom stereocenters. The summed E-state index contributed by atoms with van der Waals surface area (Å²) in [5.41, 5.74) is 4.06. The summed E-state index contributed by atoms with van der Waals surface area (Å²) in [6.45, 7) is 12.0. The maximum atomic E-state index is 9.15. The first-order valence-electron chi connectivity index (χ1n) is 15.3. The molecule has 0 radical (unpaired) electrons. The number of hydrogen-bond acceptors (Lipinski definition) is 2. The van der Waals surface area contributed by atoms with Gasteiger partial charge in [0.25, 0.3) is 0 Å². The highest BCUT2D eigenvalue weighted by Gasteiger charge is 2.19. The van der Waals surface area contributed by atoms with Gasteiger partial charge in [-0.2, -0.15) is 10.5 Å². The molecule has 2 aromatic carbocycles. The fourth-order valence-electron chi connectivity index (χ4n) is 5.68. The van der Waals surface area contributed by atoms with E-state index in [1.807, 2.05) is 24.3 Å². The Morgan fingerprint density at radius 3 is 1.32 bits per heavy atom. The van der Waals surface area contributed by atoms with E-state index in [9.17, 15) is 0 Å². The molecule has 0 aliphatic rings. The van der Waals surface area contributed by atoms with Gasteiger partial charge in [-0.3, -0.25) is 0 Å². The average molecular weight is 513 g/mol. The zero-order chi connectivity index (χ0) is 27.8. The highest BCUT2D eigenvalue weighted by atomic mass is 14.3. The summed E-state index contributed by atoms with van der Waals surface area (Å²) >= 11 is 0. The molecule has 0 amide bonds. The van der Waals surface area contributed by atoms with Gasteiger partial charge in [-0.1, -0.05) is 123 Å². The van der Waals surface area contributed by atoms with Crippen molar-refractivity contribution in [3.63, 3.8) is 0 Å². The van der Waals surface area contributed by atoms with E-state index in [4.69, 9.17) is 10.5 Å². The fraction of sp³-hybridized carbons (Fsp3) is 0.611. The maximum Gasteiger partial charge on any atom is 0.0991 e. The summed E-state index contributed by atoms with van der Waals surface area (Å²) in [4.78, 5) is 0. The Hall–Kier alpha value is -2.58. The molecule has 0 heterocycles. The molecule has 0 N–H and O–H groups in total. The Bertz CT molecular complexity index is 914. The van der Waals surface area contributed by atoms with Crippen LogP contribution in [0.1, 0.15) is 121 Å². The van der Waals surface area contributed by atoms with Gasteiger partial charge in [0.2, 0.25) is 0 Å². The molecule has 3 atom stereocenters. The van der Waals surface area contributed by atoms with Crippen LogP contribution in [0.3, 0.4) is 0 Å². The topological polar surface area (TPSA) is 47.6 Å². The molecule has 0 aliphatic carbocycles. The zero-order valence-electron chi connectivity index (χ0n) is 24.9. The van der Waals surface area contributed by atoms with Gasteiger partial charge in [-0.15, -0.1) is 0 Å². The molecule has 0 bridgehead atoms. The molecule has 2 aromatic rings. The van der Waals surface area contributed by atoms with Gasteiger partial charge in [-0.25, -0.2) is 0 Å². The van der Waals surface area contributed by atoms with Gasteiger partial charge in [0.1, 0.15) is 0 Å². The van der Waals surface area contributed by atoms with Gasteiger partial charge < -0.3 is 0 Å². The van der Waals surface area contributed by atoms with Gasteiger partial charge in [0.05, 0.1) is 23.3 Å². The Balaban J connectivity index is 1.79. The second-order valence-corrected chi connectivity index (χ2v) is 12.5. The summed E-state index contributed by atoms with van der Waals surface area (Å²) in [7, 11) is 0. The molecule has 2 rings (SSSR count). The lowest BCUT2D eigenvalue weighted by Crippen LogP contribution is -2.18. The standard InChI is InChI=1S/C36H52N2/c1-28(2)10-8-13-29(3)11-6-7-12-30(4)14-9-15-31(5)36(24-32-16-20-34(26-37)21-17-32)25-33-18-22-35(27-38)23-19-33/h16-23,28-31,36H,6-15,24-25H2,1-5H3. The molecular weight excluding hydrogens is 460 g/mol. The Kier molecular flexibility index (Phi) is 14.9. The first kappa shape index (κ1) is 31.6. The summed E-state index contributed by atoms with van der Waals surface area (Å²) in [6, 6.07) is 20.7. The molecule has 0 saturated heterocycles. The predicted octanol–water partition coefficient (Wildman–Crippen LogP) is 10.3. The quantitative estimate of drug-likeness (QED) is 0.186. The Labute approximate surface area is 234 Å². The van der Waals surface area contributed by atoms with Gasteiger partial charge in [0, 0.05) is 0 Å². The fourth-order valence-corrected chi connectivity index (χ4v) is 5.68. The third-order valence-electron chi connectivity index (χ3n) is 8.45. The lowest BCUT2D eigenvalue weighted by atomic mass is 9.80. The van der Waals surface area contributed by atoms with Gasteiger partial charge in [0.15, 0.2) is 0 Å². The number of unbranched alkanes of at least 4 members (excludes halogenated alkanes) is 1. The van der Waals surface area contributed by atoms with E-state index in [-0.39, 0.29) is 0 Å². The molecule has 0 spiro atoms. The lowest BCUT2D eigenvalue weighted by molar-refractivity contribution is 0.311. The molecule has 0 fully saturated rings. The van der Waals surface area contributed by atoms with E-state index in [1.54, 1.807) is 0 Å². The minimum Gasteiger partial charge on any atom is -0.192 e. The summed E-state index contributed by atoms with van der Waals surface area (Å²) in [5, 5.41) is 18.3. The van der Waals surface area contributed by atoms with Crippen LogP contribution in [0.15, 0.2) is 48.5 Å². The van der Waals surface area contributed by atoms with E-state index < -0.39 is 0 Å². The molecule has 2 heteroatoms. The van der Waals surface area contributed by atoms with Crippen LogP contribution in [0.25, 0.3) is 0 Å². The van der Waals surface area contributed by atoms with Crippen LogP contribution in [0.2, 0.25) is 0 Å². The third kappa shape index (κ3) is 12.8. The number of benzene rings is 2. The molecule has 38 heavy (non-hydrogen) atoms. The summed E-state index contributed by atoms with van der Waals surface area (Å²) in [6.07, 6.45) is 15.6. The predicted molar refractivity (Wildman–Crippen MR) is 162 cm³/mol. The molecule has 0 aromatic heterocycles. The highest BCUT2D eigenvalue weighted by Crippen LogP contribution is 2.28. The first-order chi connectivity index (χ1) is 18.3. The first-order valence-corrected chi connectivity index (χ1v) is 15.3. The van der Waals surface area contributed by atoms with E-state index in [0.717, 1.165) is 41.7 Å². The normalized spacial score (nSPS) is 13.7. The van der Waals surface area contributed by atoms with Crippen LogP contribution in [0.5, 0.6) is 0 Å². The van der Waals surface area contributed by atoms with Crippen molar-refractivity contribution < 1.29 is 0 Å². The third-order valence-corrected chi connectivity index (χ3v) is 8.45. The van der Waals surface area contributed by atoms with E-state index in [0.29, 0.717) is 11.8 Å². The lowest BCUT2D eigenvalue weighted by Gasteiger charge is -2.25. The van der Waals surface area contributed by atoms with Crippen LogP contribution in [0, 0.1) is 52.3 Å². The molecule has 0 aliphatic heterocycles. The largest absolute Gasteiger partial charge is 0.192 e. The molecular formula is C36H52N2. The van der Waals surface area contributed by atoms with Crippen LogP contribution in [-0.2, 0) is 12.8 Å². The van der Waals surface area contributed by atoms with Crippen molar-refractivity contribution in [3.05, 3.63) is 70.8 Å². The molecule has 0 saturated carbocycles. The SMILES string of the molecule is CC(C)CCCC(C)CCCCC(C)CCCC(C)C(Cc1ccc(C#N)cc1)Cc1ccc(C#N)cc1. The van der Waals surface area contributed by atoms with Crippen molar-refractivity contribution >= 4 is 0 Å². The van der Waals surface area contributed by atoms with E-state index in [2.05, 4.69) is 71.0 Å². The molecule has 2 nitrogen and oxygen atoms in total. The minimum absolute atomic E-state index is 0.545. The van der Waals surface area contributed by atoms with Crippen molar-refractivity contribution in [1.82, 2.24) is 0 Å².